The standard InChI is InChI=1S/C16H23FN2O2/c1-16(7-4-8-18-11-16)15(20)19(2)10-12-5-6-14(21-3)13(17)9-12/h5-6,9,18H,4,7-8,10-11H2,1-3H3/t16-/m0/s1. The second-order valence-corrected chi connectivity index (χ2v) is 5.97. The van der Waals surface area contributed by atoms with E-state index in [-0.39, 0.29) is 17.1 Å². The largest absolute Gasteiger partial charge is 0.494 e. The normalized spacial score (nSPS) is 21.9. The van der Waals surface area contributed by atoms with Gasteiger partial charge in [-0.05, 0) is 44.0 Å². The van der Waals surface area contributed by atoms with E-state index in [0.29, 0.717) is 13.1 Å². The van der Waals surface area contributed by atoms with Gasteiger partial charge in [0.1, 0.15) is 0 Å². The van der Waals surface area contributed by atoms with E-state index in [4.69, 9.17) is 4.74 Å². The zero-order chi connectivity index (χ0) is 15.5. The van der Waals surface area contributed by atoms with Crippen LogP contribution < -0.4 is 10.1 Å². The number of amides is 1. The minimum absolute atomic E-state index is 0.103. The molecule has 1 saturated heterocycles. The Balaban J connectivity index is 2.05. The number of nitrogens with zero attached hydrogens (tertiary/aromatic N) is 1. The summed E-state index contributed by atoms with van der Waals surface area (Å²) in [5.41, 5.74) is 0.398. The van der Waals surface area contributed by atoms with Crippen molar-refractivity contribution in [3.63, 3.8) is 0 Å². The summed E-state index contributed by atoms with van der Waals surface area (Å²) in [6.07, 6.45) is 1.90. The molecule has 0 unspecified atom stereocenters. The van der Waals surface area contributed by atoms with Gasteiger partial charge in [-0.2, -0.15) is 0 Å². The van der Waals surface area contributed by atoms with Crippen molar-refractivity contribution in [2.45, 2.75) is 26.3 Å². The average molecular weight is 294 g/mol. The summed E-state index contributed by atoms with van der Waals surface area (Å²) < 4.78 is 18.6. The lowest BCUT2D eigenvalue weighted by Crippen LogP contribution is -2.48. The number of carbonyl (C=O) groups excluding carboxylic acids is 1. The fourth-order valence-electron chi connectivity index (χ4n) is 2.85. The first kappa shape index (κ1) is 15.8. The van der Waals surface area contributed by atoms with Gasteiger partial charge in [-0.3, -0.25) is 4.79 Å². The lowest BCUT2D eigenvalue weighted by atomic mass is 9.81. The molecule has 1 heterocycles. The van der Waals surface area contributed by atoms with Gasteiger partial charge in [-0.15, -0.1) is 0 Å². The van der Waals surface area contributed by atoms with E-state index in [9.17, 15) is 9.18 Å². The summed E-state index contributed by atoms with van der Waals surface area (Å²) in [7, 11) is 3.20. The maximum Gasteiger partial charge on any atom is 0.229 e. The first-order valence-electron chi connectivity index (χ1n) is 7.25. The average Bonchev–Trinajstić information content (AvgIpc) is 2.47. The van der Waals surface area contributed by atoms with E-state index in [1.807, 2.05) is 6.92 Å². The molecule has 1 aromatic rings. The quantitative estimate of drug-likeness (QED) is 0.925. The fraction of sp³-hybridized carbons (Fsp3) is 0.562. The van der Waals surface area contributed by atoms with Crippen molar-refractivity contribution in [3.8, 4) is 5.75 Å². The number of methoxy groups -OCH3 is 1. The van der Waals surface area contributed by atoms with Gasteiger partial charge in [0.25, 0.3) is 0 Å². The van der Waals surface area contributed by atoms with Gasteiger partial charge < -0.3 is 15.0 Å². The van der Waals surface area contributed by atoms with Crippen LogP contribution in [-0.2, 0) is 11.3 Å². The molecular formula is C16H23FN2O2. The molecule has 1 amide bonds. The Hall–Kier alpha value is -1.62. The van der Waals surface area contributed by atoms with Crippen LogP contribution in [-0.4, -0.2) is 38.1 Å². The van der Waals surface area contributed by atoms with Gasteiger partial charge >= 0.3 is 0 Å². The third-order valence-electron chi connectivity index (χ3n) is 4.10. The highest BCUT2D eigenvalue weighted by molar-refractivity contribution is 5.82. The molecular weight excluding hydrogens is 271 g/mol. The summed E-state index contributed by atoms with van der Waals surface area (Å²) in [6, 6.07) is 4.80. The summed E-state index contributed by atoms with van der Waals surface area (Å²) in [5.74, 6) is -0.0801. The molecule has 4 nitrogen and oxygen atoms in total. The van der Waals surface area contributed by atoms with Gasteiger partial charge in [0, 0.05) is 20.1 Å². The Morgan fingerprint density at radius 3 is 2.86 bits per heavy atom. The molecule has 0 saturated carbocycles. The third-order valence-corrected chi connectivity index (χ3v) is 4.10. The van der Waals surface area contributed by atoms with Crippen LogP contribution >= 0.6 is 0 Å². The summed E-state index contributed by atoms with van der Waals surface area (Å²) in [5, 5.41) is 3.28. The minimum Gasteiger partial charge on any atom is -0.494 e. The van der Waals surface area contributed by atoms with Crippen molar-refractivity contribution in [3.05, 3.63) is 29.6 Å². The Bertz CT molecular complexity index is 513. The second kappa shape index (κ2) is 6.43. The fourth-order valence-corrected chi connectivity index (χ4v) is 2.85. The van der Waals surface area contributed by atoms with E-state index < -0.39 is 5.82 Å². The van der Waals surface area contributed by atoms with Crippen molar-refractivity contribution >= 4 is 5.91 Å². The predicted octanol–water partition coefficient (Wildman–Crippen LogP) is 2.18. The molecule has 1 aliphatic rings. The van der Waals surface area contributed by atoms with Gasteiger partial charge in [-0.25, -0.2) is 4.39 Å². The molecule has 1 aromatic carbocycles. The number of nitrogens with one attached hydrogen (secondary N) is 1. The predicted molar refractivity (Wildman–Crippen MR) is 79.6 cm³/mol. The second-order valence-electron chi connectivity index (χ2n) is 5.97. The van der Waals surface area contributed by atoms with E-state index in [2.05, 4.69) is 5.32 Å². The molecule has 5 heteroatoms. The number of piperidine rings is 1. The van der Waals surface area contributed by atoms with Crippen molar-refractivity contribution in [2.24, 2.45) is 5.41 Å². The Labute approximate surface area is 125 Å². The highest BCUT2D eigenvalue weighted by Gasteiger charge is 2.36. The molecule has 116 valence electrons. The van der Waals surface area contributed by atoms with Crippen LogP contribution in [0.4, 0.5) is 4.39 Å². The van der Waals surface area contributed by atoms with Crippen LogP contribution in [0, 0.1) is 11.2 Å². The maximum absolute atomic E-state index is 13.7. The van der Waals surface area contributed by atoms with Crippen LogP contribution in [0.15, 0.2) is 18.2 Å². The van der Waals surface area contributed by atoms with Gasteiger partial charge in [0.15, 0.2) is 11.6 Å². The number of hydrogen-bond donors (Lipinski definition) is 1. The summed E-state index contributed by atoms with van der Waals surface area (Å²) in [6.45, 7) is 4.06. The summed E-state index contributed by atoms with van der Waals surface area (Å²) >= 11 is 0. The number of benzene rings is 1. The monoisotopic (exact) mass is 294 g/mol. The van der Waals surface area contributed by atoms with Gasteiger partial charge in [-0.1, -0.05) is 6.07 Å². The van der Waals surface area contributed by atoms with E-state index in [0.717, 1.165) is 24.9 Å². The van der Waals surface area contributed by atoms with Crippen molar-refractivity contribution < 1.29 is 13.9 Å². The molecule has 1 aliphatic heterocycles. The number of ether oxygens (including phenoxy) is 1. The molecule has 1 N–H and O–H groups in total. The first-order chi connectivity index (χ1) is 9.96. The van der Waals surface area contributed by atoms with Crippen LogP contribution in [0.25, 0.3) is 0 Å². The van der Waals surface area contributed by atoms with E-state index >= 15 is 0 Å². The number of halogens is 1. The van der Waals surface area contributed by atoms with Crippen molar-refractivity contribution in [2.75, 3.05) is 27.2 Å². The molecule has 0 bridgehead atoms. The van der Waals surface area contributed by atoms with E-state index in [1.54, 1.807) is 24.1 Å². The smallest absolute Gasteiger partial charge is 0.229 e. The minimum atomic E-state index is -0.401. The van der Waals surface area contributed by atoms with Crippen LogP contribution in [0.2, 0.25) is 0 Å². The molecule has 0 aliphatic carbocycles. The Morgan fingerprint density at radius 1 is 1.52 bits per heavy atom. The van der Waals surface area contributed by atoms with Crippen molar-refractivity contribution in [1.82, 2.24) is 10.2 Å². The van der Waals surface area contributed by atoms with Crippen LogP contribution in [0.3, 0.4) is 0 Å². The Morgan fingerprint density at radius 2 is 2.29 bits per heavy atom. The summed E-state index contributed by atoms with van der Waals surface area (Å²) in [4.78, 5) is 14.3. The zero-order valence-electron chi connectivity index (χ0n) is 12.9. The van der Waals surface area contributed by atoms with Crippen molar-refractivity contribution in [1.29, 1.82) is 0 Å². The number of hydrogen-bond acceptors (Lipinski definition) is 3. The molecule has 1 fully saturated rings. The third kappa shape index (κ3) is 3.53. The molecule has 21 heavy (non-hydrogen) atoms. The highest BCUT2D eigenvalue weighted by atomic mass is 19.1. The Kier molecular flexibility index (Phi) is 4.83. The lowest BCUT2D eigenvalue weighted by molar-refractivity contribution is -0.141. The topological polar surface area (TPSA) is 41.6 Å². The highest BCUT2D eigenvalue weighted by Crippen LogP contribution is 2.28. The molecule has 0 spiro atoms. The molecule has 0 radical (unpaired) electrons. The van der Waals surface area contributed by atoms with Gasteiger partial charge in [0.2, 0.25) is 5.91 Å². The SMILES string of the molecule is COc1ccc(CN(C)C(=O)[C@@]2(C)CCCNC2)cc1F. The van der Waals surface area contributed by atoms with E-state index in [1.165, 1.54) is 13.2 Å². The van der Waals surface area contributed by atoms with Gasteiger partial charge in [0.05, 0.1) is 12.5 Å². The van der Waals surface area contributed by atoms with Crippen LogP contribution in [0.1, 0.15) is 25.3 Å². The maximum atomic E-state index is 13.7. The first-order valence-corrected chi connectivity index (χ1v) is 7.25. The number of carbonyl (C=O) groups is 1. The molecule has 1 atom stereocenters. The lowest BCUT2D eigenvalue weighted by Gasteiger charge is -2.36. The molecule has 0 aromatic heterocycles. The number of rotatable bonds is 4. The van der Waals surface area contributed by atoms with Crippen LogP contribution in [0.5, 0.6) is 5.75 Å². The molecule has 2 rings (SSSR count). The zero-order valence-corrected chi connectivity index (χ0v) is 12.9.